The van der Waals surface area contributed by atoms with Gasteiger partial charge in [-0.15, -0.1) is 11.3 Å². The summed E-state index contributed by atoms with van der Waals surface area (Å²) >= 11 is 1.59. The lowest BCUT2D eigenvalue weighted by Gasteiger charge is -2.27. The van der Waals surface area contributed by atoms with E-state index < -0.39 is 17.8 Å². The minimum atomic E-state index is -0.847. The standard InChI is InChI=1S/C29H29N3O6S/c1-5-38-28(35)24-19-10-6-9-13-23(19)39-27(24)31-16(2)14-18(17(31)3)15-20-25(33)30-29(36)32(26(20)34)21-11-7-8-12-22(21)37-4/h7-8,11-12,14-15H,5-6,9-10,13H2,1-4H3,(H,30,33,36)/b20-15-. The molecule has 39 heavy (non-hydrogen) atoms. The number of ether oxygens (including phenoxy) is 2. The number of imide groups is 2. The Bertz CT molecular complexity index is 1550. The highest BCUT2D eigenvalue weighted by atomic mass is 32.1. The summed E-state index contributed by atoms with van der Waals surface area (Å²) in [6.45, 7) is 5.86. The van der Waals surface area contributed by atoms with Crippen molar-refractivity contribution in [3.05, 3.63) is 68.9 Å². The number of para-hydroxylation sites is 2. The number of anilines is 1. The van der Waals surface area contributed by atoms with Crippen LogP contribution in [0.4, 0.5) is 10.5 Å². The van der Waals surface area contributed by atoms with E-state index in [1.807, 2.05) is 24.5 Å². The zero-order valence-corrected chi connectivity index (χ0v) is 23.1. The molecule has 0 saturated carbocycles. The summed E-state index contributed by atoms with van der Waals surface area (Å²) in [5.41, 5.74) is 3.92. The SMILES string of the molecule is CCOC(=O)c1c(-n2c(C)cc(/C=C3/C(=O)NC(=O)N(c4ccccc4OC)C3=O)c2C)sc2c1CCCC2. The highest BCUT2D eigenvalue weighted by molar-refractivity contribution is 7.15. The van der Waals surface area contributed by atoms with Crippen LogP contribution in [-0.2, 0) is 27.2 Å². The fraction of sp³-hybridized carbons (Fsp3) is 0.310. The number of amides is 4. The fourth-order valence-electron chi connectivity index (χ4n) is 5.22. The van der Waals surface area contributed by atoms with Crippen molar-refractivity contribution >= 4 is 46.9 Å². The third-order valence-corrected chi connectivity index (χ3v) is 8.31. The highest BCUT2D eigenvalue weighted by Gasteiger charge is 2.38. The van der Waals surface area contributed by atoms with Gasteiger partial charge in [0.2, 0.25) is 0 Å². The maximum Gasteiger partial charge on any atom is 0.341 e. The maximum atomic E-state index is 13.5. The number of nitrogens with zero attached hydrogens (tertiary/aromatic N) is 2. The van der Waals surface area contributed by atoms with Crippen molar-refractivity contribution in [2.45, 2.75) is 46.5 Å². The zero-order valence-electron chi connectivity index (χ0n) is 22.3. The van der Waals surface area contributed by atoms with Gasteiger partial charge in [-0.05, 0) is 81.9 Å². The van der Waals surface area contributed by atoms with Crippen LogP contribution in [0.1, 0.15) is 57.5 Å². The minimum absolute atomic E-state index is 0.183. The van der Waals surface area contributed by atoms with Gasteiger partial charge in [-0.3, -0.25) is 14.9 Å². The molecule has 2 aromatic heterocycles. The number of barbiturate groups is 1. The monoisotopic (exact) mass is 547 g/mol. The number of nitrogens with one attached hydrogen (secondary N) is 1. The Balaban J connectivity index is 1.60. The minimum Gasteiger partial charge on any atom is -0.495 e. The van der Waals surface area contributed by atoms with Crippen molar-refractivity contribution in [2.75, 3.05) is 18.6 Å². The van der Waals surface area contributed by atoms with Crippen LogP contribution in [0.25, 0.3) is 11.1 Å². The molecule has 0 unspecified atom stereocenters. The molecule has 1 N–H and O–H groups in total. The summed E-state index contributed by atoms with van der Waals surface area (Å²) in [5.74, 6) is -1.55. The third-order valence-electron chi connectivity index (χ3n) is 7.03. The number of aryl methyl sites for hydroxylation is 2. The predicted molar refractivity (Wildman–Crippen MR) is 148 cm³/mol. The molecule has 1 aliphatic carbocycles. The number of benzene rings is 1. The van der Waals surface area contributed by atoms with Gasteiger partial charge in [0, 0.05) is 16.3 Å². The number of thiophene rings is 1. The smallest absolute Gasteiger partial charge is 0.341 e. The summed E-state index contributed by atoms with van der Waals surface area (Å²) in [6.07, 6.45) is 5.34. The van der Waals surface area contributed by atoms with Crippen molar-refractivity contribution in [1.82, 2.24) is 9.88 Å². The fourth-order valence-corrected chi connectivity index (χ4v) is 6.70. The average molecular weight is 548 g/mol. The molecule has 1 fully saturated rings. The van der Waals surface area contributed by atoms with Crippen molar-refractivity contribution < 1.29 is 28.7 Å². The van der Waals surface area contributed by atoms with Crippen LogP contribution in [0.15, 0.2) is 35.9 Å². The van der Waals surface area contributed by atoms with Crippen molar-refractivity contribution in [2.24, 2.45) is 0 Å². The molecule has 3 heterocycles. The van der Waals surface area contributed by atoms with E-state index >= 15 is 0 Å². The van der Waals surface area contributed by atoms with Crippen LogP contribution >= 0.6 is 11.3 Å². The van der Waals surface area contributed by atoms with E-state index in [2.05, 4.69) is 5.32 Å². The molecule has 0 spiro atoms. The molecule has 0 bridgehead atoms. The number of aromatic nitrogens is 1. The molecule has 10 heteroatoms. The molecule has 9 nitrogen and oxygen atoms in total. The van der Waals surface area contributed by atoms with Crippen LogP contribution < -0.4 is 15.0 Å². The first-order valence-corrected chi connectivity index (χ1v) is 13.6. The van der Waals surface area contributed by atoms with Gasteiger partial charge in [0.25, 0.3) is 11.8 Å². The number of carbonyl (C=O) groups excluding carboxylic acids is 4. The number of urea groups is 1. The van der Waals surface area contributed by atoms with Crippen LogP contribution in [0, 0.1) is 13.8 Å². The molecule has 1 aromatic carbocycles. The van der Waals surface area contributed by atoms with Gasteiger partial charge in [0.1, 0.15) is 16.3 Å². The Morgan fingerprint density at radius 2 is 1.87 bits per heavy atom. The number of methoxy groups -OCH3 is 1. The second-order valence-electron chi connectivity index (χ2n) is 9.40. The summed E-state index contributed by atoms with van der Waals surface area (Å²) in [4.78, 5) is 54.2. The van der Waals surface area contributed by atoms with Gasteiger partial charge in [0.05, 0.1) is 25.0 Å². The quantitative estimate of drug-likeness (QED) is 0.268. The van der Waals surface area contributed by atoms with E-state index in [9.17, 15) is 19.2 Å². The number of hydrogen-bond donors (Lipinski definition) is 1. The van der Waals surface area contributed by atoms with Gasteiger partial charge < -0.3 is 14.0 Å². The predicted octanol–water partition coefficient (Wildman–Crippen LogP) is 4.89. The summed E-state index contributed by atoms with van der Waals surface area (Å²) in [7, 11) is 1.44. The lowest BCUT2D eigenvalue weighted by Crippen LogP contribution is -2.54. The molecular weight excluding hydrogens is 518 g/mol. The Hall–Kier alpha value is -4.18. The molecule has 0 atom stereocenters. The number of hydrogen-bond acceptors (Lipinski definition) is 7. The highest BCUT2D eigenvalue weighted by Crippen LogP contribution is 2.39. The van der Waals surface area contributed by atoms with Crippen LogP contribution in [0.2, 0.25) is 0 Å². The largest absolute Gasteiger partial charge is 0.495 e. The second-order valence-corrected chi connectivity index (χ2v) is 10.5. The van der Waals surface area contributed by atoms with Gasteiger partial charge in [-0.25, -0.2) is 14.5 Å². The first-order chi connectivity index (χ1) is 18.8. The van der Waals surface area contributed by atoms with Gasteiger partial charge in [-0.1, -0.05) is 12.1 Å². The second kappa shape index (κ2) is 10.5. The molecule has 2 aliphatic rings. The van der Waals surface area contributed by atoms with Gasteiger partial charge >= 0.3 is 12.0 Å². The van der Waals surface area contributed by atoms with Crippen molar-refractivity contribution in [1.29, 1.82) is 0 Å². The number of rotatable bonds is 6. The van der Waals surface area contributed by atoms with E-state index in [-0.39, 0.29) is 23.8 Å². The lowest BCUT2D eigenvalue weighted by molar-refractivity contribution is -0.122. The topological polar surface area (TPSA) is 107 Å². The summed E-state index contributed by atoms with van der Waals surface area (Å²) in [6, 6.07) is 7.61. The van der Waals surface area contributed by atoms with Crippen molar-refractivity contribution in [3.8, 4) is 10.8 Å². The Morgan fingerprint density at radius 1 is 1.13 bits per heavy atom. The maximum absolute atomic E-state index is 13.5. The van der Waals surface area contributed by atoms with E-state index in [1.54, 1.807) is 42.5 Å². The van der Waals surface area contributed by atoms with Gasteiger partial charge in [0.15, 0.2) is 0 Å². The molecule has 4 amide bonds. The molecule has 202 valence electrons. The van der Waals surface area contributed by atoms with Crippen LogP contribution in [-0.4, -0.2) is 42.1 Å². The number of carbonyl (C=O) groups is 4. The van der Waals surface area contributed by atoms with E-state index in [4.69, 9.17) is 9.47 Å². The molecule has 0 radical (unpaired) electrons. The van der Waals surface area contributed by atoms with E-state index in [0.29, 0.717) is 16.9 Å². The normalized spacial score (nSPS) is 16.4. The third kappa shape index (κ3) is 4.54. The summed E-state index contributed by atoms with van der Waals surface area (Å²) < 4.78 is 12.7. The lowest BCUT2D eigenvalue weighted by atomic mass is 9.95. The van der Waals surface area contributed by atoms with Gasteiger partial charge in [-0.2, -0.15) is 0 Å². The van der Waals surface area contributed by atoms with Crippen molar-refractivity contribution in [3.63, 3.8) is 0 Å². The number of fused-ring (bicyclic) bond motifs is 1. The van der Waals surface area contributed by atoms with E-state index in [1.165, 1.54) is 18.1 Å². The van der Waals surface area contributed by atoms with Crippen LogP contribution in [0.5, 0.6) is 5.75 Å². The average Bonchev–Trinajstić information content (AvgIpc) is 3.42. The molecule has 5 rings (SSSR count). The van der Waals surface area contributed by atoms with E-state index in [0.717, 1.165) is 52.5 Å². The molecule has 1 aliphatic heterocycles. The summed E-state index contributed by atoms with van der Waals surface area (Å²) in [5, 5.41) is 3.04. The Morgan fingerprint density at radius 3 is 2.62 bits per heavy atom. The van der Waals surface area contributed by atoms with Crippen LogP contribution in [0.3, 0.4) is 0 Å². The first kappa shape index (κ1) is 26.4. The molecular formula is C29H29N3O6S. The molecule has 3 aromatic rings. The zero-order chi connectivity index (χ0) is 27.8. The Kier molecular flexibility index (Phi) is 7.14. The Labute approximate surface area is 230 Å². The number of esters is 1. The molecule has 1 saturated heterocycles. The first-order valence-electron chi connectivity index (χ1n) is 12.8.